The number of benzene rings is 2. The summed E-state index contributed by atoms with van der Waals surface area (Å²) in [6, 6.07) is 11.8. The highest BCUT2D eigenvalue weighted by Gasteiger charge is 2.23. The fourth-order valence-corrected chi connectivity index (χ4v) is 5.17. The van der Waals surface area contributed by atoms with Crippen molar-refractivity contribution in [1.82, 2.24) is 5.32 Å². The van der Waals surface area contributed by atoms with Crippen molar-refractivity contribution in [1.29, 1.82) is 0 Å². The number of hydrogen-bond donors (Lipinski definition) is 3. The number of imide groups is 1. The molecule has 0 aliphatic rings. The lowest BCUT2D eigenvalue weighted by molar-refractivity contribution is 0.0937. The van der Waals surface area contributed by atoms with E-state index in [9.17, 15) is 22.8 Å². The van der Waals surface area contributed by atoms with Gasteiger partial charge in [-0.05, 0) is 61.9 Å². The van der Waals surface area contributed by atoms with Crippen molar-refractivity contribution in [2.75, 3.05) is 24.3 Å². The van der Waals surface area contributed by atoms with Gasteiger partial charge in [0.1, 0.15) is 10.8 Å². The Bertz CT molecular complexity index is 1380. The third-order valence-electron chi connectivity index (χ3n) is 4.99. The molecule has 3 amide bonds. The molecular weight excluding hydrogens is 494 g/mol. The molecule has 2 aromatic carbocycles. The minimum Gasteiger partial charge on any atom is -0.497 e. The van der Waals surface area contributed by atoms with Gasteiger partial charge in [0, 0.05) is 16.1 Å². The van der Waals surface area contributed by atoms with Crippen LogP contribution in [0.3, 0.4) is 0 Å². The molecule has 35 heavy (non-hydrogen) atoms. The molecule has 184 valence electrons. The summed E-state index contributed by atoms with van der Waals surface area (Å²) in [5, 5.41) is 5.00. The van der Waals surface area contributed by atoms with E-state index in [2.05, 4.69) is 20.1 Å². The third-order valence-corrected chi connectivity index (χ3v) is 7.51. The molecule has 10 nitrogen and oxygen atoms in total. The fraction of sp³-hybridized carbons (Fsp3) is 0.174. The maximum absolute atomic E-state index is 12.9. The first kappa shape index (κ1) is 25.7. The number of rotatable bonds is 7. The van der Waals surface area contributed by atoms with Crippen molar-refractivity contribution in [3.05, 3.63) is 70.1 Å². The Labute approximate surface area is 206 Å². The Balaban J connectivity index is 1.82. The van der Waals surface area contributed by atoms with Gasteiger partial charge >= 0.3 is 6.09 Å². The Kier molecular flexibility index (Phi) is 7.77. The van der Waals surface area contributed by atoms with Crippen LogP contribution in [0.25, 0.3) is 0 Å². The summed E-state index contributed by atoms with van der Waals surface area (Å²) in [4.78, 5) is 37.7. The molecule has 0 aliphatic carbocycles. The largest absolute Gasteiger partial charge is 0.497 e. The number of carbonyl (C=O) groups is 3. The van der Waals surface area contributed by atoms with E-state index in [1.54, 1.807) is 13.8 Å². The maximum Gasteiger partial charge on any atom is 0.413 e. The summed E-state index contributed by atoms with van der Waals surface area (Å²) in [6.07, 6.45) is -0.924. The summed E-state index contributed by atoms with van der Waals surface area (Å²) in [5.74, 6) is -0.764. The van der Waals surface area contributed by atoms with Gasteiger partial charge in [-0.15, -0.1) is 11.3 Å². The average Bonchev–Trinajstić information content (AvgIpc) is 3.11. The smallest absolute Gasteiger partial charge is 0.413 e. The summed E-state index contributed by atoms with van der Waals surface area (Å²) in [6.45, 7) is 3.47. The van der Waals surface area contributed by atoms with Crippen LogP contribution in [0.2, 0.25) is 0 Å². The standard InChI is InChI=1S/C23H23N3O7S2/c1-13-14(2)34-22(19(13)21(28)25-23(29)33-4)24-20(27)15-6-5-7-16(12-15)26-35(30,31)18-10-8-17(32-3)9-11-18/h5-12,26H,1-4H3,(H,24,27)(H,25,28,29). The Morgan fingerprint density at radius 1 is 0.943 bits per heavy atom. The van der Waals surface area contributed by atoms with Crippen LogP contribution in [0, 0.1) is 13.8 Å². The number of ether oxygens (including phenoxy) is 2. The maximum atomic E-state index is 12.9. The van der Waals surface area contributed by atoms with Gasteiger partial charge in [-0.1, -0.05) is 6.07 Å². The molecular formula is C23H23N3O7S2. The Hall–Kier alpha value is -3.90. The fourth-order valence-electron chi connectivity index (χ4n) is 3.06. The number of carbonyl (C=O) groups excluding carboxylic acids is 3. The zero-order valence-corrected chi connectivity index (χ0v) is 20.9. The molecule has 1 heterocycles. The quantitative estimate of drug-likeness (QED) is 0.431. The second kappa shape index (κ2) is 10.6. The van der Waals surface area contributed by atoms with Crippen molar-refractivity contribution in [3.8, 4) is 5.75 Å². The lowest BCUT2D eigenvalue weighted by atomic mass is 10.1. The van der Waals surface area contributed by atoms with E-state index in [1.165, 1.54) is 67.0 Å². The number of sulfonamides is 1. The zero-order chi connectivity index (χ0) is 25.8. The second-order valence-electron chi connectivity index (χ2n) is 7.25. The van der Waals surface area contributed by atoms with Gasteiger partial charge in [-0.2, -0.15) is 0 Å². The molecule has 3 aromatic rings. The summed E-state index contributed by atoms with van der Waals surface area (Å²) < 4.78 is 37.4. The van der Waals surface area contributed by atoms with Crippen LogP contribution in [-0.2, 0) is 14.8 Å². The van der Waals surface area contributed by atoms with Crippen molar-refractivity contribution in [2.45, 2.75) is 18.7 Å². The zero-order valence-electron chi connectivity index (χ0n) is 19.3. The van der Waals surface area contributed by atoms with Crippen LogP contribution >= 0.6 is 11.3 Å². The highest BCUT2D eigenvalue weighted by atomic mass is 32.2. The van der Waals surface area contributed by atoms with Gasteiger partial charge < -0.3 is 14.8 Å². The van der Waals surface area contributed by atoms with Crippen LogP contribution in [0.15, 0.2) is 53.4 Å². The number of methoxy groups -OCH3 is 2. The number of thiophene rings is 1. The first-order chi connectivity index (χ1) is 16.6. The molecule has 0 fully saturated rings. The number of hydrogen-bond acceptors (Lipinski definition) is 8. The van der Waals surface area contributed by atoms with Crippen molar-refractivity contribution < 1.29 is 32.3 Å². The summed E-state index contributed by atoms with van der Waals surface area (Å²) >= 11 is 1.17. The van der Waals surface area contributed by atoms with Crippen LogP contribution in [-0.4, -0.2) is 40.5 Å². The van der Waals surface area contributed by atoms with Gasteiger partial charge in [0.05, 0.1) is 24.7 Å². The van der Waals surface area contributed by atoms with Crippen LogP contribution in [0.1, 0.15) is 31.2 Å². The predicted octanol–water partition coefficient (Wildman–Crippen LogP) is 3.92. The van der Waals surface area contributed by atoms with E-state index >= 15 is 0 Å². The minimum atomic E-state index is -3.91. The first-order valence-electron chi connectivity index (χ1n) is 10.1. The Morgan fingerprint density at radius 3 is 2.26 bits per heavy atom. The van der Waals surface area contributed by atoms with Crippen LogP contribution in [0.4, 0.5) is 15.5 Å². The molecule has 0 saturated carbocycles. The van der Waals surface area contributed by atoms with Crippen molar-refractivity contribution in [2.24, 2.45) is 0 Å². The third kappa shape index (κ3) is 5.97. The van der Waals surface area contributed by atoms with Crippen molar-refractivity contribution >= 4 is 50.0 Å². The molecule has 0 atom stereocenters. The highest BCUT2D eigenvalue weighted by molar-refractivity contribution is 7.92. The molecule has 1 aromatic heterocycles. The van der Waals surface area contributed by atoms with Crippen molar-refractivity contribution in [3.63, 3.8) is 0 Å². The van der Waals surface area contributed by atoms with Gasteiger partial charge in [0.2, 0.25) is 0 Å². The first-order valence-corrected chi connectivity index (χ1v) is 12.4. The van der Waals surface area contributed by atoms with Gasteiger partial charge in [0.15, 0.2) is 0 Å². The van der Waals surface area contributed by atoms with Gasteiger partial charge in [-0.25, -0.2) is 13.2 Å². The highest BCUT2D eigenvalue weighted by Crippen LogP contribution is 2.33. The second-order valence-corrected chi connectivity index (χ2v) is 10.2. The number of alkyl carbamates (subject to hydrolysis) is 1. The number of aryl methyl sites for hydroxylation is 1. The molecule has 0 bridgehead atoms. The van der Waals surface area contributed by atoms with E-state index in [-0.39, 0.29) is 26.7 Å². The summed E-state index contributed by atoms with van der Waals surface area (Å²) in [5.41, 5.74) is 1.08. The number of amides is 3. The average molecular weight is 518 g/mol. The van der Waals surface area contributed by atoms with Crippen LogP contribution < -0.4 is 20.1 Å². The molecule has 3 N–H and O–H groups in total. The summed E-state index contributed by atoms with van der Waals surface area (Å²) in [7, 11) is -1.30. The van der Waals surface area contributed by atoms with Crippen LogP contribution in [0.5, 0.6) is 5.75 Å². The Morgan fingerprint density at radius 2 is 1.63 bits per heavy atom. The van der Waals surface area contributed by atoms with E-state index in [0.29, 0.717) is 11.3 Å². The van der Waals surface area contributed by atoms with Gasteiger partial charge in [-0.3, -0.25) is 19.6 Å². The molecule has 0 unspecified atom stereocenters. The number of anilines is 2. The lowest BCUT2D eigenvalue weighted by Gasteiger charge is -2.11. The topological polar surface area (TPSA) is 140 Å². The van der Waals surface area contributed by atoms with E-state index in [1.807, 2.05) is 0 Å². The lowest BCUT2D eigenvalue weighted by Crippen LogP contribution is -2.31. The normalized spacial score (nSPS) is 10.9. The van der Waals surface area contributed by atoms with E-state index < -0.39 is 27.9 Å². The monoisotopic (exact) mass is 517 g/mol. The molecule has 0 saturated heterocycles. The molecule has 3 rings (SSSR count). The number of nitrogens with one attached hydrogen (secondary N) is 3. The molecule has 0 spiro atoms. The molecule has 0 aliphatic heterocycles. The van der Waals surface area contributed by atoms with Gasteiger partial charge in [0.25, 0.3) is 21.8 Å². The molecule has 0 radical (unpaired) electrons. The van der Waals surface area contributed by atoms with E-state index in [4.69, 9.17) is 4.74 Å². The molecule has 12 heteroatoms. The van der Waals surface area contributed by atoms with E-state index in [0.717, 1.165) is 12.0 Å². The SMILES string of the molecule is COC(=O)NC(=O)c1c(NC(=O)c2cccc(NS(=O)(=O)c3ccc(OC)cc3)c2)sc(C)c1C. The predicted molar refractivity (Wildman–Crippen MR) is 132 cm³/mol. The minimum absolute atomic E-state index is 0.0268.